The molecule has 0 saturated heterocycles. The number of rotatable bonds is 5. The van der Waals surface area contributed by atoms with Gasteiger partial charge in [-0.25, -0.2) is 4.79 Å². The predicted octanol–water partition coefficient (Wildman–Crippen LogP) is 0.853. The summed E-state index contributed by atoms with van der Waals surface area (Å²) < 4.78 is 4.78. The molecule has 16 heavy (non-hydrogen) atoms. The third-order valence-corrected chi connectivity index (χ3v) is 2.38. The number of ether oxygens (including phenoxy) is 1. The van der Waals surface area contributed by atoms with Gasteiger partial charge < -0.3 is 9.72 Å². The predicted molar refractivity (Wildman–Crippen MR) is 56.2 cm³/mol. The van der Waals surface area contributed by atoms with Gasteiger partial charge in [-0.2, -0.15) is 0 Å². The molecule has 0 amide bonds. The molecule has 1 aromatic heterocycles. The molecule has 0 bridgehead atoms. The van der Waals surface area contributed by atoms with Crippen LogP contribution in [0.25, 0.3) is 0 Å². The molecule has 0 fully saturated rings. The van der Waals surface area contributed by atoms with E-state index in [1.807, 2.05) is 0 Å². The maximum atomic E-state index is 10.8. The Bertz CT molecular complexity index is 467. The second kappa shape index (κ2) is 5.09. The molecule has 1 rings (SSSR count). The van der Waals surface area contributed by atoms with Gasteiger partial charge in [0.05, 0.1) is 18.5 Å². The molecule has 0 aliphatic carbocycles. The Labute approximate surface area is 92.1 Å². The van der Waals surface area contributed by atoms with Gasteiger partial charge in [-0.15, -0.1) is 0 Å². The number of hydrogen-bond donors (Lipinski definition) is 1. The van der Waals surface area contributed by atoms with Crippen LogP contribution in [0, 0.1) is 6.92 Å². The van der Waals surface area contributed by atoms with E-state index >= 15 is 0 Å². The first-order chi connectivity index (χ1) is 7.67. The zero-order valence-electron chi connectivity index (χ0n) is 8.99. The van der Waals surface area contributed by atoms with Gasteiger partial charge in [0.25, 0.3) is 0 Å². The Morgan fingerprint density at radius 2 is 2.00 bits per heavy atom. The minimum absolute atomic E-state index is 0.0858. The van der Waals surface area contributed by atoms with Gasteiger partial charge in [0.15, 0.2) is 24.3 Å². The van der Waals surface area contributed by atoms with E-state index < -0.39 is 0 Å². The third-order valence-electron chi connectivity index (χ3n) is 2.38. The summed E-state index contributed by atoms with van der Waals surface area (Å²) in [6.45, 7) is 1.70. The van der Waals surface area contributed by atoms with Gasteiger partial charge in [-0.1, -0.05) is 0 Å². The summed E-state index contributed by atoms with van der Waals surface area (Å²) in [5, 5.41) is 0. The first kappa shape index (κ1) is 11.9. The summed E-state index contributed by atoms with van der Waals surface area (Å²) >= 11 is 0. The van der Waals surface area contributed by atoms with Crippen molar-refractivity contribution in [2.45, 2.75) is 13.3 Å². The van der Waals surface area contributed by atoms with Crippen LogP contribution in [0.5, 0.6) is 0 Å². The number of hydrogen-bond acceptors (Lipinski definition) is 4. The Balaban J connectivity index is 3.21. The van der Waals surface area contributed by atoms with E-state index in [1.165, 1.54) is 7.11 Å². The average Bonchev–Trinajstić information content (AvgIpc) is 2.62. The molecule has 5 heteroatoms. The normalized spacial score (nSPS) is 9.38. The molecule has 0 aromatic carbocycles. The third kappa shape index (κ3) is 2.10. The van der Waals surface area contributed by atoms with Gasteiger partial charge in [0, 0.05) is 6.42 Å². The van der Waals surface area contributed by atoms with Gasteiger partial charge in [-0.3, -0.25) is 9.59 Å². The molecule has 0 atom stereocenters. The maximum Gasteiger partial charge on any atom is 0.183 e. The lowest BCUT2D eigenvalue weighted by Crippen LogP contribution is -1.98. The molecule has 0 aliphatic rings. The van der Waals surface area contributed by atoms with Crippen molar-refractivity contribution in [3.05, 3.63) is 28.3 Å². The fourth-order valence-electron chi connectivity index (χ4n) is 1.44. The van der Waals surface area contributed by atoms with Crippen LogP contribution < -0.4 is 0 Å². The molecular formula is C11H11NO4. The quantitative estimate of drug-likeness (QED) is 0.454. The first-order valence-corrected chi connectivity index (χ1v) is 4.57. The summed E-state index contributed by atoms with van der Waals surface area (Å²) in [7, 11) is 1.35. The van der Waals surface area contributed by atoms with Gasteiger partial charge in [-0.05, 0) is 18.1 Å². The van der Waals surface area contributed by atoms with E-state index in [2.05, 4.69) is 4.98 Å². The molecular weight excluding hydrogens is 210 g/mol. The Kier molecular flexibility index (Phi) is 3.80. The highest BCUT2D eigenvalue weighted by molar-refractivity contribution is 5.83. The second-order valence-electron chi connectivity index (χ2n) is 3.20. The lowest BCUT2D eigenvalue weighted by atomic mass is 10.1. The van der Waals surface area contributed by atoms with Crippen molar-refractivity contribution >= 4 is 18.5 Å². The summed E-state index contributed by atoms with van der Waals surface area (Å²) in [5.41, 5.74) is 1.84. The van der Waals surface area contributed by atoms with E-state index in [-0.39, 0.29) is 17.9 Å². The van der Waals surface area contributed by atoms with E-state index in [1.54, 1.807) is 12.9 Å². The van der Waals surface area contributed by atoms with Crippen molar-refractivity contribution < 1.29 is 19.1 Å². The van der Waals surface area contributed by atoms with E-state index in [4.69, 9.17) is 4.74 Å². The number of allylic oxidation sites excluding steroid dienone is 1. The van der Waals surface area contributed by atoms with E-state index in [0.717, 1.165) is 0 Å². The van der Waals surface area contributed by atoms with Crippen LogP contribution in [0.2, 0.25) is 0 Å². The molecule has 1 N–H and O–H groups in total. The highest BCUT2D eigenvalue weighted by Crippen LogP contribution is 2.19. The summed E-state index contributed by atoms with van der Waals surface area (Å²) in [5.74, 6) is 1.72. The summed E-state index contributed by atoms with van der Waals surface area (Å²) in [6, 6.07) is 0. The molecule has 1 aromatic rings. The van der Waals surface area contributed by atoms with E-state index in [9.17, 15) is 14.4 Å². The minimum Gasteiger partial charge on any atom is -0.489 e. The van der Waals surface area contributed by atoms with Crippen molar-refractivity contribution in [3.63, 3.8) is 0 Å². The molecule has 0 aliphatic heterocycles. The highest BCUT2D eigenvalue weighted by Gasteiger charge is 2.15. The van der Waals surface area contributed by atoms with Crippen LogP contribution >= 0.6 is 0 Å². The van der Waals surface area contributed by atoms with Crippen molar-refractivity contribution in [3.8, 4) is 0 Å². The Morgan fingerprint density at radius 3 is 2.44 bits per heavy atom. The highest BCUT2D eigenvalue weighted by atomic mass is 16.5. The van der Waals surface area contributed by atoms with Crippen molar-refractivity contribution in [1.29, 1.82) is 0 Å². The number of carbonyl (C=O) groups is 2. The van der Waals surface area contributed by atoms with Gasteiger partial charge in [0.1, 0.15) is 0 Å². The Hall–Kier alpha value is -2.13. The fraction of sp³-hybridized carbons (Fsp3) is 0.273. The molecule has 0 spiro atoms. The monoisotopic (exact) mass is 221 g/mol. The fourth-order valence-corrected chi connectivity index (χ4v) is 1.44. The summed E-state index contributed by atoms with van der Waals surface area (Å²) in [6.07, 6.45) is 1.38. The number of H-pyrrole nitrogens is 1. The molecule has 0 radical (unpaired) electrons. The molecule has 5 nitrogen and oxygen atoms in total. The average molecular weight is 221 g/mol. The van der Waals surface area contributed by atoms with Crippen LogP contribution in [-0.4, -0.2) is 30.6 Å². The molecule has 0 unspecified atom stereocenters. The van der Waals surface area contributed by atoms with Gasteiger partial charge >= 0.3 is 0 Å². The standard InChI is InChI=1S/C11H11NO4/c1-7-9(3-8(4-13)16-2)11(6-15)12-10(7)5-14/h5-6,12H,3H2,1-2H3. The van der Waals surface area contributed by atoms with Crippen LogP contribution in [0.1, 0.15) is 32.1 Å². The van der Waals surface area contributed by atoms with Crippen molar-refractivity contribution in [1.82, 2.24) is 4.98 Å². The van der Waals surface area contributed by atoms with E-state index in [0.29, 0.717) is 29.4 Å². The van der Waals surface area contributed by atoms with Crippen LogP contribution in [0.3, 0.4) is 0 Å². The molecule has 84 valence electrons. The van der Waals surface area contributed by atoms with Crippen molar-refractivity contribution in [2.24, 2.45) is 0 Å². The topological polar surface area (TPSA) is 76.2 Å². The van der Waals surface area contributed by atoms with Crippen LogP contribution in [0.15, 0.2) is 5.76 Å². The Morgan fingerprint density at radius 1 is 1.38 bits per heavy atom. The first-order valence-electron chi connectivity index (χ1n) is 4.57. The zero-order valence-corrected chi connectivity index (χ0v) is 8.99. The minimum atomic E-state index is 0.0858. The van der Waals surface area contributed by atoms with Crippen LogP contribution in [0.4, 0.5) is 0 Å². The number of methoxy groups -OCH3 is 1. The van der Waals surface area contributed by atoms with Gasteiger partial charge in [0.2, 0.25) is 0 Å². The number of aromatic nitrogens is 1. The second-order valence-corrected chi connectivity index (χ2v) is 3.20. The lowest BCUT2D eigenvalue weighted by Gasteiger charge is -2.02. The number of aldehydes is 2. The number of carbonyl (C=O) groups excluding carboxylic acids is 3. The molecule has 0 saturated carbocycles. The SMILES string of the molecule is COC(=C=O)Cc1c(C=O)[nH]c(C=O)c1C. The summed E-state index contributed by atoms with van der Waals surface area (Å²) in [4.78, 5) is 34.6. The lowest BCUT2D eigenvalue weighted by molar-refractivity contribution is 0.111. The zero-order chi connectivity index (χ0) is 12.1. The largest absolute Gasteiger partial charge is 0.489 e. The van der Waals surface area contributed by atoms with Crippen LogP contribution in [-0.2, 0) is 16.0 Å². The smallest absolute Gasteiger partial charge is 0.183 e. The molecule has 1 heterocycles. The number of nitrogens with one attached hydrogen (secondary N) is 1. The maximum absolute atomic E-state index is 10.8. The van der Waals surface area contributed by atoms with Crippen molar-refractivity contribution in [2.75, 3.05) is 7.11 Å². The number of aromatic amines is 1.